The Hall–Kier alpha value is -2.32. The molecule has 0 aromatic heterocycles. The van der Waals surface area contributed by atoms with E-state index in [4.69, 9.17) is 4.74 Å². The standard InChI is InChI=1S/C16H18N2O3/c1-2-3-15(19)17-12-13-4-6-14(7-5-13)16(20)18-8-10-21-11-9-18/h4-7H,8-12H2,1H3,(H,17,19). The van der Waals surface area contributed by atoms with Crippen LogP contribution in [-0.2, 0) is 16.1 Å². The van der Waals surface area contributed by atoms with Gasteiger partial charge in [-0.2, -0.15) is 0 Å². The van der Waals surface area contributed by atoms with Crippen LogP contribution in [0.15, 0.2) is 24.3 Å². The molecule has 2 rings (SSSR count). The van der Waals surface area contributed by atoms with Crippen molar-refractivity contribution in [1.29, 1.82) is 0 Å². The third-order valence-corrected chi connectivity index (χ3v) is 3.19. The van der Waals surface area contributed by atoms with Crippen molar-refractivity contribution in [3.05, 3.63) is 35.4 Å². The zero-order valence-corrected chi connectivity index (χ0v) is 12.0. The Morgan fingerprint density at radius 1 is 1.24 bits per heavy atom. The predicted molar refractivity (Wildman–Crippen MR) is 78.5 cm³/mol. The van der Waals surface area contributed by atoms with Gasteiger partial charge in [0.05, 0.1) is 13.2 Å². The molecule has 1 aliphatic rings. The third-order valence-electron chi connectivity index (χ3n) is 3.19. The summed E-state index contributed by atoms with van der Waals surface area (Å²) in [5, 5.41) is 2.69. The van der Waals surface area contributed by atoms with Crippen molar-refractivity contribution < 1.29 is 14.3 Å². The molecule has 1 N–H and O–H groups in total. The number of amides is 2. The molecular formula is C16H18N2O3. The lowest BCUT2D eigenvalue weighted by Crippen LogP contribution is -2.40. The zero-order valence-electron chi connectivity index (χ0n) is 12.0. The maximum absolute atomic E-state index is 12.2. The topological polar surface area (TPSA) is 58.6 Å². The van der Waals surface area contributed by atoms with Crippen LogP contribution in [0.1, 0.15) is 22.8 Å². The van der Waals surface area contributed by atoms with Gasteiger partial charge in [0, 0.05) is 25.2 Å². The maximum Gasteiger partial charge on any atom is 0.296 e. The van der Waals surface area contributed by atoms with Crippen LogP contribution < -0.4 is 5.32 Å². The fourth-order valence-electron chi connectivity index (χ4n) is 2.05. The van der Waals surface area contributed by atoms with Crippen LogP contribution in [0.4, 0.5) is 0 Å². The summed E-state index contributed by atoms with van der Waals surface area (Å²) in [5.74, 6) is 4.68. The lowest BCUT2D eigenvalue weighted by atomic mass is 10.1. The molecule has 0 saturated carbocycles. The van der Waals surface area contributed by atoms with Crippen LogP contribution in [0.25, 0.3) is 0 Å². The number of nitrogens with zero attached hydrogens (tertiary/aromatic N) is 1. The molecule has 21 heavy (non-hydrogen) atoms. The third kappa shape index (κ3) is 4.33. The van der Waals surface area contributed by atoms with Gasteiger partial charge in [-0.05, 0) is 30.5 Å². The first-order chi connectivity index (χ1) is 10.2. The first-order valence-corrected chi connectivity index (χ1v) is 6.87. The molecule has 5 heteroatoms. The van der Waals surface area contributed by atoms with E-state index in [1.807, 2.05) is 12.1 Å². The fraction of sp³-hybridized carbons (Fsp3) is 0.375. The Morgan fingerprint density at radius 2 is 1.90 bits per heavy atom. The molecule has 1 aliphatic heterocycles. The van der Waals surface area contributed by atoms with Crippen molar-refractivity contribution in [3.8, 4) is 11.8 Å². The highest BCUT2D eigenvalue weighted by atomic mass is 16.5. The fourth-order valence-corrected chi connectivity index (χ4v) is 2.05. The van der Waals surface area contributed by atoms with E-state index in [0.29, 0.717) is 38.4 Å². The molecule has 110 valence electrons. The quantitative estimate of drug-likeness (QED) is 0.836. The van der Waals surface area contributed by atoms with Gasteiger partial charge >= 0.3 is 0 Å². The Morgan fingerprint density at radius 3 is 2.52 bits per heavy atom. The normalized spacial score (nSPS) is 14.0. The van der Waals surface area contributed by atoms with Crippen molar-refractivity contribution >= 4 is 11.8 Å². The minimum atomic E-state index is -0.300. The summed E-state index contributed by atoms with van der Waals surface area (Å²) in [6.07, 6.45) is 0. The monoisotopic (exact) mass is 286 g/mol. The molecule has 1 aromatic rings. The van der Waals surface area contributed by atoms with Gasteiger partial charge in [0.15, 0.2) is 0 Å². The summed E-state index contributed by atoms with van der Waals surface area (Å²) in [6, 6.07) is 7.25. The Labute approximate surface area is 124 Å². The smallest absolute Gasteiger partial charge is 0.296 e. The minimum Gasteiger partial charge on any atom is -0.378 e. The second-order valence-corrected chi connectivity index (χ2v) is 4.66. The van der Waals surface area contributed by atoms with Gasteiger partial charge in [-0.1, -0.05) is 18.1 Å². The first-order valence-electron chi connectivity index (χ1n) is 6.87. The van der Waals surface area contributed by atoms with E-state index in [1.54, 1.807) is 24.0 Å². The van der Waals surface area contributed by atoms with Crippen LogP contribution in [0.2, 0.25) is 0 Å². The Balaban J connectivity index is 1.93. The van der Waals surface area contributed by atoms with Crippen LogP contribution in [0, 0.1) is 11.8 Å². The van der Waals surface area contributed by atoms with E-state index < -0.39 is 0 Å². The van der Waals surface area contributed by atoms with Gasteiger partial charge < -0.3 is 15.0 Å². The SMILES string of the molecule is CC#CC(=O)NCc1ccc(C(=O)N2CCOCC2)cc1. The number of benzene rings is 1. The van der Waals surface area contributed by atoms with E-state index >= 15 is 0 Å². The minimum absolute atomic E-state index is 0.0192. The number of ether oxygens (including phenoxy) is 1. The second-order valence-electron chi connectivity index (χ2n) is 4.66. The maximum atomic E-state index is 12.2. The number of hydrogen-bond donors (Lipinski definition) is 1. The molecular weight excluding hydrogens is 268 g/mol. The molecule has 0 spiro atoms. The van der Waals surface area contributed by atoms with Crippen molar-refractivity contribution in [3.63, 3.8) is 0 Å². The summed E-state index contributed by atoms with van der Waals surface area (Å²) in [6.45, 7) is 4.46. The summed E-state index contributed by atoms with van der Waals surface area (Å²) < 4.78 is 5.23. The second kappa shape index (κ2) is 7.46. The number of morpholine rings is 1. The van der Waals surface area contributed by atoms with Gasteiger partial charge in [0.25, 0.3) is 11.8 Å². The number of rotatable bonds is 3. The van der Waals surface area contributed by atoms with Gasteiger partial charge in [0.2, 0.25) is 0 Å². The summed E-state index contributed by atoms with van der Waals surface area (Å²) in [4.78, 5) is 25.3. The lowest BCUT2D eigenvalue weighted by Gasteiger charge is -2.26. The molecule has 1 aromatic carbocycles. The molecule has 5 nitrogen and oxygen atoms in total. The van der Waals surface area contributed by atoms with E-state index in [1.165, 1.54) is 0 Å². The molecule has 1 heterocycles. The van der Waals surface area contributed by atoms with Gasteiger partial charge in [-0.15, -0.1) is 0 Å². The molecule has 0 bridgehead atoms. The van der Waals surface area contributed by atoms with Crippen LogP contribution in [-0.4, -0.2) is 43.0 Å². The summed E-state index contributed by atoms with van der Waals surface area (Å²) in [5.41, 5.74) is 1.58. The summed E-state index contributed by atoms with van der Waals surface area (Å²) >= 11 is 0. The van der Waals surface area contributed by atoms with Crippen LogP contribution in [0.3, 0.4) is 0 Å². The largest absolute Gasteiger partial charge is 0.378 e. The van der Waals surface area contributed by atoms with Gasteiger partial charge in [0.1, 0.15) is 0 Å². The van der Waals surface area contributed by atoms with Crippen LogP contribution >= 0.6 is 0 Å². The Bertz CT molecular complexity index is 563. The van der Waals surface area contributed by atoms with Gasteiger partial charge in [-0.3, -0.25) is 9.59 Å². The number of hydrogen-bond acceptors (Lipinski definition) is 3. The van der Waals surface area contributed by atoms with Crippen molar-refractivity contribution in [2.45, 2.75) is 13.5 Å². The molecule has 0 unspecified atom stereocenters. The molecule has 1 saturated heterocycles. The predicted octanol–water partition coefficient (Wildman–Crippen LogP) is 0.798. The first kappa shape index (κ1) is 15.1. The van der Waals surface area contributed by atoms with E-state index in [0.717, 1.165) is 5.56 Å². The lowest BCUT2D eigenvalue weighted by molar-refractivity contribution is -0.115. The van der Waals surface area contributed by atoms with Crippen molar-refractivity contribution in [1.82, 2.24) is 10.2 Å². The average molecular weight is 286 g/mol. The molecule has 1 fully saturated rings. The average Bonchev–Trinajstić information content (AvgIpc) is 2.54. The summed E-state index contributed by atoms with van der Waals surface area (Å²) in [7, 11) is 0. The number of nitrogens with one attached hydrogen (secondary N) is 1. The highest BCUT2D eigenvalue weighted by molar-refractivity contribution is 5.94. The molecule has 2 amide bonds. The highest BCUT2D eigenvalue weighted by Gasteiger charge is 2.18. The van der Waals surface area contributed by atoms with E-state index in [-0.39, 0.29) is 11.8 Å². The van der Waals surface area contributed by atoms with Crippen molar-refractivity contribution in [2.24, 2.45) is 0 Å². The molecule has 0 radical (unpaired) electrons. The number of carbonyl (C=O) groups is 2. The molecule has 0 aliphatic carbocycles. The van der Waals surface area contributed by atoms with Crippen LogP contribution in [0.5, 0.6) is 0 Å². The zero-order chi connectivity index (χ0) is 15.1. The van der Waals surface area contributed by atoms with Gasteiger partial charge in [-0.25, -0.2) is 0 Å². The van der Waals surface area contributed by atoms with Crippen molar-refractivity contribution in [2.75, 3.05) is 26.3 Å². The Kier molecular flexibility index (Phi) is 5.35. The molecule has 0 atom stereocenters. The van der Waals surface area contributed by atoms with E-state index in [9.17, 15) is 9.59 Å². The number of carbonyl (C=O) groups excluding carboxylic acids is 2. The highest BCUT2D eigenvalue weighted by Crippen LogP contribution is 2.09. The van der Waals surface area contributed by atoms with E-state index in [2.05, 4.69) is 17.2 Å².